The zero-order chi connectivity index (χ0) is 14.0. The van der Waals surface area contributed by atoms with Crippen LogP contribution in [0.5, 0.6) is 0 Å². The van der Waals surface area contributed by atoms with Gasteiger partial charge in [0.1, 0.15) is 11.3 Å². The molecule has 2 atom stereocenters. The van der Waals surface area contributed by atoms with Crippen molar-refractivity contribution in [2.75, 3.05) is 5.32 Å². The molecule has 0 saturated carbocycles. The molecule has 0 aromatic heterocycles. The van der Waals surface area contributed by atoms with E-state index in [4.69, 9.17) is 5.73 Å². The van der Waals surface area contributed by atoms with Crippen molar-refractivity contribution in [2.45, 2.75) is 25.1 Å². The van der Waals surface area contributed by atoms with E-state index in [9.17, 15) is 17.8 Å². The van der Waals surface area contributed by atoms with Gasteiger partial charge in [0.25, 0.3) is 10.1 Å². The largest absolute Gasteiger partial charge is 0.372 e. The van der Waals surface area contributed by atoms with Crippen LogP contribution in [0, 0.1) is 0 Å². The van der Waals surface area contributed by atoms with Crippen LogP contribution in [0.3, 0.4) is 0 Å². The molecule has 1 aliphatic rings. The zero-order valence-corrected chi connectivity index (χ0v) is 10.8. The van der Waals surface area contributed by atoms with E-state index in [1.807, 2.05) is 12.1 Å². The SMILES string of the molecule is C.NC(=O)C1Nc2ccccc2C=CCC1S(=O)(=O)O. The van der Waals surface area contributed by atoms with Crippen molar-refractivity contribution < 1.29 is 17.8 Å². The molecular formula is C13H18N2O4S. The molecular weight excluding hydrogens is 280 g/mol. The van der Waals surface area contributed by atoms with Crippen LogP contribution >= 0.6 is 0 Å². The lowest BCUT2D eigenvalue weighted by Gasteiger charge is -2.25. The lowest BCUT2D eigenvalue weighted by molar-refractivity contribution is -0.118. The summed E-state index contributed by atoms with van der Waals surface area (Å²) in [7, 11) is -4.38. The summed E-state index contributed by atoms with van der Waals surface area (Å²) in [4.78, 5) is 11.4. The Morgan fingerprint density at radius 2 is 2.00 bits per heavy atom. The number of carbonyl (C=O) groups excluding carboxylic acids is 1. The normalized spacial score (nSPS) is 21.6. The van der Waals surface area contributed by atoms with E-state index in [2.05, 4.69) is 5.32 Å². The van der Waals surface area contributed by atoms with Gasteiger partial charge < -0.3 is 11.1 Å². The van der Waals surface area contributed by atoms with Crippen molar-refractivity contribution in [3.63, 3.8) is 0 Å². The van der Waals surface area contributed by atoms with Crippen LogP contribution in [-0.2, 0) is 14.9 Å². The van der Waals surface area contributed by atoms with Gasteiger partial charge in [0.2, 0.25) is 5.91 Å². The molecule has 1 aromatic rings. The summed E-state index contributed by atoms with van der Waals surface area (Å²) in [6.07, 6.45) is 3.35. The van der Waals surface area contributed by atoms with Gasteiger partial charge in [-0.05, 0) is 18.1 Å². The lowest BCUT2D eigenvalue weighted by atomic mass is 10.0. The van der Waals surface area contributed by atoms with E-state index in [0.29, 0.717) is 5.69 Å². The summed E-state index contributed by atoms with van der Waals surface area (Å²) < 4.78 is 31.9. The molecule has 0 spiro atoms. The molecule has 1 amide bonds. The second-order valence-corrected chi connectivity index (χ2v) is 5.94. The standard InChI is InChI=1S/C12H14N2O4S.CH4/c13-12(15)11-10(19(16,17)18)7-3-5-8-4-1-2-6-9(8)14-11;/h1-6,10-11,14H,7H2,(H2,13,15)(H,16,17,18);1H4. The number of hydrogen-bond donors (Lipinski definition) is 3. The van der Waals surface area contributed by atoms with E-state index >= 15 is 0 Å². The molecule has 0 bridgehead atoms. The number of nitrogens with two attached hydrogens (primary N) is 1. The highest BCUT2D eigenvalue weighted by molar-refractivity contribution is 7.86. The van der Waals surface area contributed by atoms with E-state index < -0.39 is 27.3 Å². The van der Waals surface area contributed by atoms with Crippen molar-refractivity contribution in [2.24, 2.45) is 5.73 Å². The van der Waals surface area contributed by atoms with Crippen LogP contribution in [-0.4, -0.2) is 30.2 Å². The monoisotopic (exact) mass is 298 g/mol. The summed E-state index contributed by atoms with van der Waals surface area (Å²) in [5.41, 5.74) is 6.65. The summed E-state index contributed by atoms with van der Waals surface area (Å²) in [5.74, 6) is -0.826. The van der Waals surface area contributed by atoms with E-state index in [-0.39, 0.29) is 13.8 Å². The Bertz CT molecular complexity index is 625. The molecule has 0 aliphatic carbocycles. The van der Waals surface area contributed by atoms with Crippen LogP contribution < -0.4 is 11.1 Å². The number of rotatable bonds is 2. The van der Waals surface area contributed by atoms with Gasteiger partial charge in [0.15, 0.2) is 0 Å². The van der Waals surface area contributed by atoms with Gasteiger partial charge in [0.05, 0.1) is 0 Å². The van der Waals surface area contributed by atoms with Crippen molar-refractivity contribution in [1.29, 1.82) is 0 Å². The summed E-state index contributed by atoms with van der Waals surface area (Å²) >= 11 is 0. The Labute approximate surface area is 118 Å². The third kappa shape index (κ3) is 3.37. The smallest absolute Gasteiger partial charge is 0.270 e. The molecule has 2 rings (SSSR count). The third-order valence-corrected chi connectivity index (χ3v) is 4.23. The molecule has 20 heavy (non-hydrogen) atoms. The number of nitrogens with one attached hydrogen (secondary N) is 1. The Hall–Kier alpha value is -1.86. The predicted molar refractivity (Wildman–Crippen MR) is 78.8 cm³/mol. The van der Waals surface area contributed by atoms with E-state index in [0.717, 1.165) is 5.56 Å². The minimum Gasteiger partial charge on any atom is -0.372 e. The molecule has 1 aromatic carbocycles. The van der Waals surface area contributed by atoms with E-state index in [1.165, 1.54) is 0 Å². The molecule has 1 aliphatic heterocycles. The molecule has 0 radical (unpaired) electrons. The number of anilines is 1. The minimum atomic E-state index is -4.38. The second-order valence-electron chi connectivity index (χ2n) is 4.30. The van der Waals surface area contributed by atoms with Gasteiger partial charge in [-0.2, -0.15) is 8.42 Å². The number of fused-ring (bicyclic) bond motifs is 1. The fourth-order valence-electron chi connectivity index (χ4n) is 2.05. The molecule has 2 unspecified atom stereocenters. The number of allylic oxidation sites excluding steroid dienone is 1. The van der Waals surface area contributed by atoms with Crippen molar-refractivity contribution in [3.8, 4) is 0 Å². The average Bonchev–Trinajstić information content (AvgIpc) is 2.27. The van der Waals surface area contributed by atoms with Crippen LogP contribution in [0.15, 0.2) is 30.3 Å². The van der Waals surface area contributed by atoms with Crippen molar-refractivity contribution in [1.82, 2.24) is 0 Å². The van der Waals surface area contributed by atoms with Crippen LogP contribution in [0.4, 0.5) is 5.69 Å². The first kappa shape index (κ1) is 16.2. The molecule has 0 fully saturated rings. The maximum Gasteiger partial charge on any atom is 0.270 e. The maximum atomic E-state index is 11.4. The minimum absolute atomic E-state index is 0. The molecule has 4 N–H and O–H groups in total. The highest BCUT2D eigenvalue weighted by atomic mass is 32.2. The van der Waals surface area contributed by atoms with Gasteiger partial charge in [-0.3, -0.25) is 9.35 Å². The van der Waals surface area contributed by atoms with Gasteiger partial charge in [0, 0.05) is 5.69 Å². The number of hydrogen-bond acceptors (Lipinski definition) is 4. The topological polar surface area (TPSA) is 109 Å². The molecule has 110 valence electrons. The Balaban J connectivity index is 0.00000200. The number of benzene rings is 1. The highest BCUT2D eigenvalue weighted by Gasteiger charge is 2.36. The fourth-order valence-corrected chi connectivity index (χ4v) is 2.95. The Morgan fingerprint density at radius 1 is 1.35 bits per heavy atom. The number of amides is 1. The Morgan fingerprint density at radius 3 is 2.60 bits per heavy atom. The first-order valence-corrected chi connectivity index (χ1v) is 7.17. The highest BCUT2D eigenvalue weighted by Crippen LogP contribution is 2.24. The number of primary amides is 1. The molecule has 6 nitrogen and oxygen atoms in total. The maximum absolute atomic E-state index is 11.4. The number of para-hydroxylation sites is 1. The van der Waals surface area contributed by atoms with Crippen LogP contribution in [0.1, 0.15) is 19.4 Å². The summed E-state index contributed by atoms with van der Waals surface area (Å²) in [6, 6.07) is 5.93. The van der Waals surface area contributed by atoms with Gasteiger partial charge in [-0.25, -0.2) is 0 Å². The third-order valence-electron chi connectivity index (χ3n) is 3.00. The Kier molecular flexibility index (Phi) is 4.91. The quantitative estimate of drug-likeness (QED) is 0.712. The van der Waals surface area contributed by atoms with Crippen LogP contribution in [0.25, 0.3) is 6.08 Å². The predicted octanol–water partition coefficient (Wildman–Crippen LogP) is 1.26. The fraction of sp³-hybridized carbons (Fsp3) is 0.308. The average molecular weight is 298 g/mol. The summed E-state index contributed by atoms with van der Waals surface area (Å²) in [6.45, 7) is 0. The molecule has 7 heteroatoms. The van der Waals surface area contributed by atoms with Gasteiger partial charge >= 0.3 is 0 Å². The van der Waals surface area contributed by atoms with E-state index in [1.54, 1.807) is 24.3 Å². The van der Waals surface area contributed by atoms with Gasteiger partial charge in [-0.15, -0.1) is 0 Å². The lowest BCUT2D eigenvalue weighted by Crippen LogP contribution is -2.48. The zero-order valence-electron chi connectivity index (χ0n) is 9.98. The summed E-state index contributed by atoms with van der Waals surface area (Å²) in [5, 5.41) is 1.49. The van der Waals surface area contributed by atoms with Gasteiger partial charge in [-0.1, -0.05) is 37.8 Å². The van der Waals surface area contributed by atoms with Crippen molar-refractivity contribution >= 4 is 27.8 Å². The first-order valence-electron chi connectivity index (χ1n) is 5.67. The van der Waals surface area contributed by atoms with Crippen LogP contribution in [0.2, 0.25) is 0 Å². The number of carbonyl (C=O) groups is 1. The first-order chi connectivity index (χ1) is 8.89. The second kappa shape index (κ2) is 6.06. The van der Waals surface area contributed by atoms with Crippen molar-refractivity contribution in [3.05, 3.63) is 35.9 Å². The molecule has 0 saturated heterocycles. The molecule has 1 heterocycles.